The Morgan fingerprint density at radius 3 is 1.75 bits per heavy atom. The highest BCUT2D eigenvalue weighted by Crippen LogP contribution is 2.37. The van der Waals surface area contributed by atoms with Gasteiger partial charge in [0.1, 0.15) is 0 Å². The highest BCUT2D eigenvalue weighted by Gasteiger charge is 2.49. The normalized spacial score (nSPS) is 14.1. The predicted molar refractivity (Wildman–Crippen MR) is 116 cm³/mol. The van der Waals surface area contributed by atoms with E-state index in [4.69, 9.17) is 4.43 Å². The van der Waals surface area contributed by atoms with Crippen LogP contribution in [0, 0.1) is 0 Å². The summed E-state index contributed by atoms with van der Waals surface area (Å²) in [5.74, 6) is 0. The SMILES string of the molecule is CC(C)(C)[Si](OCCCC(Br)CC(F)(F)F)(c1ccccc1)c1ccccc1. The van der Waals surface area contributed by atoms with Crippen LogP contribution in [0.5, 0.6) is 0 Å². The summed E-state index contributed by atoms with van der Waals surface area (Å²) in [5, 5.41) is 2.23. The third-order valence-corrected chi connectivity index (χ3v) is 10.7. The van der Waals surface area contributed by atoms with Crippen molar-refractivity contribution < 1.29 is 17.6 Å². The Hall–Kier alpha value is -1.11. The van der Waals surface area contributed by atoms with Crippen LogP contribution in [0.1, 0.15) is 40.0 Å². The summed E-state index contributed by atoms with van der Waals surface area (Å²) in [6.07, 6.45) is -3.95. The van der Waals surface area contributed by atoms with Crippen LogP contribution in [0.15, 0.2) is 60.7 Å². The van der Waals surface area contributed by atoms with Crippen LogP contribution in [-0.2, 0) is 4.43 Å². The third kappa shape index (κ3) is 5.94. The monoisotopic (exact) mass is 472 g/mol. The molecule has 0 spiro atoms. The molecule has 154 valence electrons. The van der Waals surface area contributed by atoms with Crippen molar-refractivity contribution in [2.24, 2.45) is 0 Å². The molecule has 0 heterocycles. The molecule has 2 aromatic carbocycles. The van der Waals surface area contributed by atoms with Gasteiger partial charge < -0.3 is 4.43 Å². The van der Waals surface area contributed by atoms with Gasteiger partial charge in [-0.1, -0.05) is 97.4 Å². The zero-order valence-corrected chi connectivity index (χ0v) is 19.2. The summed E-state index contributed by atoms with van der Waals surface area (Å²) in [4.78, 5) is -0.574. The third-order valence-electron chi connectivity index (χ3n) is 4.85. The molecule has 2 aromatic rings. The number of rotatable bonds is 8. The van der Waals surface area contributed by atoms with E-state index < -0.39 is 25.7 Å². The molecule has 0 aliphatic heterocycles. The Morgan fingerprint density at radius 1 is 0.893 bits per heavy atom. The van der Waals surface area contributed by atoms with E-state index >= 15 is 0 Å². The predicted octanol–water partition coefficient (Wildman–Crippen LogP) is 6.06. The Kier molecular flexibility index (Phi) is 7.94. The molecular weight excluding hydrogens is 445 g/mol. The molecule has 0 amide bonds. The van der Waals surface area contributed by atoms with E-state index in [0.29, 0.717) is 19.4 Å². The molecule has 28 heavy (non-hydrogen) atoms. The molecule has 0 N–H and O–H groups in total. The van der Waals surface area contributed by atoms with E-state index in [0.717, 1.165) is 0 Å². The minimum absolute atomic E-state index is 0.129. The van der Waals surface area contributed by atoms with Gasteiger partial charge >= 0.3 is 6.18 Å². The van der Waals surface area contributed by atoms with Crippen molar-refractivity contribution in [3.8, 4) is 0 Å². The van der Waals surface area contributed by atoms with E-state index in [-0.39, 0.29) is 5.04 Å². The summed E-state index contributed by atoms with van der Waals surface area (Å²) in [7, 11) is -2.61. The maximum atomic E-state index is 12.5. The fraction of sp³-hybridized carbons (Fsp3) is 0.455. The summed E-state index contributed by atoms with van der Waals surface area (Å²) in [5.41, 5.74) is 0. The van der Waals surface area contributed by atoms with Crippen LogP contribution in [0.2, 0.25) is 5.04 Å². The fourth-order valence-electron chi connectivity index (χ4n) is 3.64. The van der Waals surface area contributed by atoms with E-state index in [1.807, 2.05) is 36.4 Å². The van der Waals surface area contributed by atoms with E-state index in [2.05, 4.69) is 61.0 Å². The van der Waals surface area contributed by atoms with Crippen molar-refractivity contribution in [1.29, 1.82) is 0 Å². The Balaban J connectivity index is 2.25. The number of hydrogen-bond donors (Lipinski definition) is 0. The number of benzene rings is 2. The second-order valence-electron chi connectivity index (χ2n) is 8.07. The molecule has 0 saturated heterocycles. The van der Waals surface area contributed by atoms with E-state index in [9.17, 15) is 13.2 Å². The van der Waals surface area contributed by atoms with Crippen LogP contribution in [0.3, 0.4) is 0 Å². The summed E-state index contributed by atoms with van der Waals surface area (Å²) in [6, 6.07) is 20.5. The molecule has 0 aromatic heterocycles. The zero-order chi connectivity index (χ0) is 20.8. The first-order chi connectivity index (χ1) is 13.1. The smallest absolute Gasteiger partial charge is 0.390 e. The van der Waals surface area contributed by atoms with Gasteiger partial charge in [-0.25, -0.2) is 0 Å². The van der Waals surface area contributed by atoms with Crippen LogP contribution in [-0.4, -0.2) is 25.9 Å². The Morgan fingerprint density at radius 2 is 1.36 bits per heavy atom. The molecule has 0 bridgehead atoms. The van der Waals surface area contributed by atoms with Gasteiger partial charge in [-0.2, -0.15) is 13.2 Å². The van der Waals surface area contributed by atoms with Gasteiger partial charge in [0.15, 0.2) is 0 Å². The molecule has 0 saturated carbocycles. The van der Waals surface area contributed by atoms with Gasteiger partial charge in [-0.15, -0.1) is 0 Å². The topological polar surface area (TPSA) is 9.23 Å². The van der Waals surface area contributed by atoms with E-state index in [1.54, 1.807) is 0 Å². The standard InChI is InChI=1S/C22H28BrF3OSi/c1-21(2,3)28(19-12-6-4-7-13-19,20-14-8-5-9-15-20)27-16-10-11-18(23)17-22(24,25)26/h4-9,12-15,18H,10-11,16-17H2,1-3H3. The first kappa shape index (κ1) is 23.2. The molecule has 0 radical (unpaired) electrons. The lowest BCUT2D eigenvalue weighted by Gasteiger charge is -2.43. The number of halogens is 4. The van der Waals surface area contributed by atoms with Crippen molar-refractivity contribution in [3.63, 3.8) is 0 Å². The first-order valence-corrected chi connectivity index (χ1v) is 12.3. The lowest BCUT2D eigenvalue weighted by molar-refractivity contribution is -0.134. The van der Waals surface area contributed by atoms with Crippen LogP contribution in [0.25, 0.3) is 0 Å². The summed E-state index contributed by atoms with van der Waals surface area (Å²) in [6.45, 7) is 7.01. The van der Waals surface area contributed by atoms with Crippen molar-refractivity contribution in [2.45, 2.75) is 56.1 Å². The van der Waals surface area contributed by atoms with Gasteiger partial charge in [-0.05, 0) is 28.3 Å². The Bertz CT molecular complexity index is 675. The molecule has 0 fully saturated rings. The maximum absolute atomic E-state index is 12.5. The minimum Gasteiger partial charge on any atom is -0.407 e. The van der Waals surface area contributed by atoms with Gasteiger partial charge in [0, 0.05) is 11.4 Å². The van der Waals surface area contributed by atoms with Gasteiger partial charge in [0.05, 0.1) is 6.42 Å². The highest BCUT2D eigenvalue weighted by atomic mass is 79.9. The van der Waals surface area contributed by atoms with Crippen molar-refractivity contribution in [2.75, 3.05) is 6.61 Å². The molecule has 1 nitrogen and oxygen atoms in total. The van der Waals surface area contributed by atoms with Gasteiger partial charge in [0.2, 0.25) is 0 Å². The van der Waals surface area contributed by atoms with Crippen molar-refractivity contribution in [1.82, 2.24) is 0 Å². The minimum atomic E-state index is -4.15. The van der Waals surface area contributed by atoms with Crippen molar-refractivity contribution >= 4 is 34.6 Å². The fourth-order valence-corrected chi connectivity index (χ4v) is 8.94. The second kappa shape index (κ2) is 9.59. The molecule has 1 unspecified atom stereocenters. The lowest BCUT2D eigenvalue weighted by atomic mass is 10.2. The average Bonchev–Trinajstić information content (AvgIpc) is 2.61. The van der Waals surface area contributed by atoms with Gasteiger partial charge in [-0.3, -0.25) is 0 Å². The Labute approximate surface area is 175 Å². The summed E-state index contributed by atoms with van der Waals surface area (Å²) >= 11 is 3.16. The molecule has 6 heteroatoms. The number of alkyl halides is 4. The lowest BCUT2D eigenvalue weighted by Crippen LogP contribution is -2.66. The largest absolute Gasteiger partial charge is 0.407 e. The van der Waals surface area contributed by atoms with Crippen molar-refractivity contribution in [3.05, 3.63) is 60.7 Å². The first-order valence-electron chi connectivity index (χ1n) is 9.52. The average molecular weight is 473 g/mol. The van der Waals surface area contributed by atoms with Crippen LogP contribution in [0.4, 0.5) is 13.2 Å². The zero-order valence-electron chi connectivity index (χ0n) is 16.6. The highest BCUT2D eigenvalue weighted by molar-refractivity contribution is 9.09. The molecule has 0 aliphatic rings. The van der Waals surface area contributed by atoms with Gasteiger partial charge in [0.25, 0.3) is 8.32 Å². The van der Waals surface area contributed by atoms with E-state index in [1.165, 1.54) is 10.4 Å². The molecular formula is C22H28BrF3OSi. The second-order valence-corrected chi connectivity index (χ2v) is 13.7. The molecule has 1 atom stereocenters. The molecule has 2 rings (SSSR count). The maximum Gasteiger partial charge on any atom is 0.390 e. The summed E-state index contributed by atoms with van der Waals surface area (Å²) < 4.78 is 44.3. The number of hydrogen-bond acceptors (Lipinski definition) is 1. The molecule has 0 aliphatic carbocycles. The van der Waals surface area contributed by atoms with Crippen LogP contribution >= 0.6 is 15.9 Å². The van der Waals surface area contributed by atoms with Crippen LogP contribution < -0.4 is 10.4 Å². The quantitative estimate of drug-likeness (QED) is 0.257.